The van der Waals surface area contributed by atoms with Gasteiger partial charge in [0.2, 0.25) is 0 Å². The molecule has 0 unspecified atom stereocenters. The van der Waals surface area contributed by atoms with Crippen molar-refractivity contribution in [2.75, 3.05) is 20.6 Å². The number of carbonyl (C=O) groups is 1. The lowest BCUT2D eigenvalue weighted by atomic mass is 10.0. The van der Waals surface area contributed by atoms with E-state index >= 15 is 0 Å². The van der Waals surface area contributed by atoms with Gasteiger partial charge in [0.25, 0.3) is 5.91 Å². The molecule has 122 valence electrons. The molecule has 23 heavy (non-hydrogen) atoms. The van der Waals surface area contributed by atoms with Crippen LogP contribution in [0.1, 0.15) is 22.3 Å². The summed E-state index contributed by atoms with van der Waals surface area (Å²) >= 11 is 0. The Morgan fingerprint density at radius 3 is 2.83 bits per heavy atom. The van der Waals surface area contributed by atoms with E-state index in [0.717, 1.165) is 24.9 Å². The van der Waals surface area contributed by atoms with Gasteiger partial charge in [-0.15, -0.1) is 0 Å². The van der Waals surface area contributed by atoms with Gasteiger partial charge >= 0.3 is 0 Å². The third-order valence-electron chi connectivity index (χ3n) is 4.55. The van der Waals surface area contributed by atoms with Crippen molar-refractivity contribution in [3.05, 3.63) is 48.0 Å². The van der Waals surface area contributed by atoms with Crippen LogP contribution in [0.15, 0.2) is 36.9 Å². The monoisotopic (exact) mass is 313 g/mol. The third kappa shape index (κ3) is 3.27. The second-order valence-corrected chi connectivity index (χ2v) is 6.35. The molecule has 3 rings (SSSR count). The number of aryl methyl sites for hydroxylation is 1. The van der Waals surface area contributed by atoms with E-state index in [0.29, 0.717) is 11.6 Å². The van der Waals surface area contributed by atoms with Crippen LogP contribution in [0.2, 0.25) is 0 Å². The molecule has 2 atom stereocenters. The first kappa shape index (κ1) is 15.7. The standard InChI is InChI=1S/C17H23N5O/c1-20(2)15-6-8-22(17(23)14-5-4-7-18-11-14)16(15)9-13-10-19-21(3)12-13/h4-5,7,10-12,15-16H,6,8-9H2,1-3H3/t15-,16+/m1/s1. The normalized spacial score (nSPS) is 21.1. The zero-order valence-electron chi connectivity index (χ0n) is 13.9. The van der Waals surface area contributed by atoms with Gasteiger partial charge in [-0.3, -0.25) is 14.5 Å². The Labute approximate surface area is 136 Å². The molecular formula is C17H23N5O. The molecule has 0 aliphatic carbocycles. The largest absolute Gasteiger partial charge is 0.334 e. The zero-order chi connectivity index (χ0) is 16.4. The van der Waals surface area contributed by atoms with E-state index in [2.05, 4.69) is 29.1 Å². The number of amides is 1. The van der Waals surface area contributed by atoms with Crippen LogP contribution in [0.3, 0.4) is 0 Å². The smallest absolute Gasteiger partial charge is 0.255 e. The van der Waals surface area contributed by atoms with Crippen LogP contribution in [-0.4, -0.2) is 63.2 Å². The number of pyridine rings is 1. The average molecular weight is 313 g/mol. The molecule has 1 aliphatic heterocycles. The van der Waals surface area contributed by atoms with Gasteiger partial charge in [-0.25, -0.2) is 0 Å². The highest BCUT2D eigenvalue weighted by molar-refractivity contribution is 5.94. The lowest BCUT2D eigenvalue weighted by Crippen LogP contribution is -2.45. The van der Waals surface area contributed by atoms with Crippen molar-refractivity contribution in [3.8, 4) is 0 Å². The number of carbonyl (C=O) groups excluding carboxylic acids is 1. The molecule has 2 aromatic rings. The van der Waals surface area contributed by atoms with Crippen LogP contribution >= 0.6 is 0 Å². The van der Waals surface area contributed by atoms with Crippen molar-refractivity contribution in [2.45, 2.75) is 24.9 Å². The van der Waals surface area contributed by atoms with Crippen molar-refractivity contribution >= 4 is 5.91 Å². The summed E-state index contributed by atoms with van der Waals surface area (Å²) in [6.45, 7) is 0.779. The van der Waals surface area contributed by atoms with Gasteiger partial charge in [-0.2, -0.15) is 5.10 Å². The molecule has 2 aromatic heterocycles. The zero-order valence-corrected chi connectivity index (χ0v) is 13.9. The minimum atomic E-state index is 0.0661. The number of likely N-dealkylation sites (N-methyl/N-ethyl adjacent to an activating group) is 1. The van der Waals surface area contributed by atoms with Gasteiger partial charge in [0.1, 0.15) is 0 Å². The van der Waals surface area contributed by atoms with Crippen LogP contribution in [0.5, 0.6) is 0 Å². The van der Waals surface area contributed by atoms with Gasteiger partial charge in [0, 0.05) is 38.2 Å². The Hall–Kier alpha value is -2.21. The van der Waals surface area contributed by atoms with E-state index in [1.807, 2.05) is 41.2 Å². The van der Waals surface area contributed by atoms with Gasteiger partial charge in [0.05, 0.1) is 17.8 Å². The van der Waals surface area contributed by atoms with Crippen molar-refractivity contribution in [1.82, 2.24) is 24.6 Å². The topological polar surface area (TPSA) is 54.3 Å². The molecule has 1 aliphatic rings. The molecule has 0 aromatic carbocycles. The van der Waals surface area contributed by atoms with E-state index in [4.69, 9.17) is 0 Å². The summed E-state index contributed by atoms with van der Waals surface area (Å²) in [7, 11) is 6.08. The highest BCUT2D eigenvalue weighted by Gasteiger charge is 2.38. The van der Waals surface area contributed by atoms with Crippen LogP contribution in [0.4, 0.5) is 0 Å². The van der Waals surface area contributed by atoms with Crippen LogP contribution in [0.25, 0.3) is 0 Å². The highest BCUT2D eigenvalue weighted by Crippen LogP contribution is 2.26. The second-order valence-electron chi connectivity index (χ2n) is 6.35. The van der Waals surface area contributed by atoms with Gasteiger partial charge < -0.3 is 9.80 Å². The summed E-state index contributed by atoms with van der Waals surface area (Å²) < 4.78 is 1.81. The fourth-order valence-corrected chi connectivity index (χ4v) is 3.41. The summed E-state index contributed by atoms with van der Waals surface area (Å²) in [4.78, 5) is 21.2. The number of likely N-dealkylation sites (tertiary alicyclic amines) is 1. The van der Waals surface area contributed by atoms with E-state index in [1.165, 1.54) is 0 Å². The Bertz CT molecular complexity index is 667. The predicted octanol–water partition coefficient (Wildman–Crippen LogP) is 1.20. The van der Waals surface area contributed by atoms with Gasteiger partial charge in [0.15, 0.2) is 0 Å². The molecule has 1 amide bonds. The van der Waals surface area contributed by atoms with E-state index in [9.17, 15) is 4.79 Å². The lowest BCUT2D eigenvalue weighted by Gasteiger charge is -2.31. The minimum absolute atomic E-state index is 0.0661. The maximum absolute atomic E-state index is 12.9. The van der Waals surface area contributed by atoms with E-state index in [1.54, 1.807) is 12.4 Å². The minimum Gasteiger partial charge on any atom is -0.334 e. The molecule has 6 heteroatoms. The van der Waals surface area contributed by atoms with Crippen molar-refractivity contribution in [2.24, 2.45) is 7.05 Å². The van der Waals surface area contributed by atoms with Gasteiger partial charge in [-0.1, -0.05) is 0 Å². The van der Waals surface area contributed by atoms with Crippen molar-refractivity contribution in [3.63, 3.8) is 0 Å². The molecule has 0 saturated carbocycles. The average Bonchev–Trinajstić information content (AvgIpc) is 3.14. The Balaban J connectivity index is 1.84. The van der Waals surface area contributed by atoms with Crippen LogP contribution in [-0.2, 0) is 13.5 Å². The maximum Gasteiger partial charge on any atom is 0.255 e. The summed E-state index contributed by atoms with van der Waals surface area (Å²) in [5.41, 5.74) is 1.82. The van der Waals surface area contributed by atoms with E-state index in [-0.39, 0.29) is 11.9 Å². The SMILES string of the molecule is CN(C)[C@@H]1CCN(C(=O)c2cccnc2)[C@H]1Cc1cnn(C)c1. The Morgan fingerprint density at radius 1 is 1.39 bits per heavy atom. The summed E-state index contributed by atoms with van der Waals surface area (Å²) in [5, 5.41) is 4.25. The summed E-state index contributed by atoms with van der Waals surface area (Å²) in [6, 6.07) is 4.15. The van der Waals surface area contributed by atoms with Crippen LogP contribution < -0.4 is 0 Å². The molecule has 6 nitrogen and oxygen atoms in total. The highest BCUT2D eigenvalue weighted by atomic mass is 16.2. The molecule has 0 bridgehead atoms. The summed E-state index contributed by atoms with van der Waals surface area (Å²) in [6.07, 6.45) is 9.06. The first-order chi connectivity index (χ1) is 11.1. The second kappa shape index (κ2) is 6.50. The fraction of sp³-hybridized carbons (Fsp3) is 0.471. The number of nitrogens with zero attached hydrogens (tertiary/aromatic N) is 5. The predicted molar refractivity (Wildman–Crippen MR) is 88.1 cm³/mol. The Kier molecular flexibility index (Phi) is 4.43. The first-order valence-corrected chi connectivity index (χ1v) is 7.91. The quantitative estimate of drug-likeness (QED) is 0.851. The van der Waals surface area contributed by atoms with Crippen molar-refractivity contribution in [1.29, 1.82) is 0 Å². The molecule has 1 saturated heterocycles. The van der Waals surface area contributed by atoms with Crippen molar-refractivity contribution < 1.29 is 4.79 Å². The van der Waals surface area contributed by atoms with Gasteiger partial charge in [-0.05, 0) is 44.6 Å². The number of hydrogen-bond acceptors (Lipinski definition) is 4. The molecule has 0 spiro atoms. The Morgan fingerprint density at radius 2 is 2.22 bits per heavy atom. The van der Waals surface area contributed by atoms with E-state index < -0.39 is 0 Å². The fourth-order valence-electron chi connectivity index (χ4n) is 3.41. The maximum atomic E-state index is 12.9. The molecule has 1 fully saturated rings. The molecule has 0 N–H and O–H groups in total. The third-order valence-corrected chi connectivity index (χ3v) is 4.55. The molecule has 0 radical (unpaired) electrons. The lowest BCUT2D eigenvalue weighted by molar-refractivity contribution is 0.0704. The first-order valence-electron chi connectivity index (χ1n) is 7.91. The number of rotatable bonds is 4. The summed E-state index contributed by atoms with van der Waals surface area (Å²) in [5.74, 6) is 0.0661. The number of aromatic nitrogens is 3. The molecular weight excluding hydrogens is 290 g/mol. The van der Waals surface area contributed by atoms with Crippen LogP contribution in [0, 0.1) is 0 Å². The molecule has 3 heterocycles. The number of hydrogen-bond donors (Lipinski definition) is 0.